The van der Waals surface area contributed by atoms with Crippen LogP contribution in [0.3, 0.4) is 0 Å². The summed E-state index contributed by atoms with van der Waals surface area (Å²) >= 11 is 1.69. The molecule has 3 aliphatic rings. The fraction of sp³-hybridized carbons (Fsp3) is 0.560. The van der Waals surface area contributed by atoms with Gasteiger partial charge in [0.2, 0.25) is 0 Å². The van der Waals surface area contributed by atoms with E-state index in [-0.39, 0.29) is 18.2 Å². The van der Waals surface area contributed by atoms with Crippen LogP contribution in [-0.2, 0) is 16.0 Å². The standard InChI is InChI=1S/C23H30N4O3S.C2HF3O2/c1-15-6-7-18-20(27(15)23(28)29-2)9-8-17(21(18)30-16-4-3-5-16)19-14-31-22(25-19)26-12-10-24-11-13-26;3-2(4,5)1(6)7/h8-9,14-16,24H,3-7,10-13H2,1-2H3;(H,6,7)/t15-;/m0./s1. The number of nitrogens with zero attached hydrogens (tertiary/aromatic N) is 3. The molecule has 0 radical (unpaired) electrons. The zero-order chi connectivity index (χ0) is 27.4. The van der Waals surface area contributed by atoms with Gasteiger partial charge in [0, 0.05) is 48.7 Å². The predicted molar refractivity (Wildman–Crippen MR) is 137 cm³/mol. The van der Waals surface area contributed by atoms with Gasteiger partial charge in [0.1, 0.15) is 5.75 Å². The molecule has 208 valence electrons. The number of aliphatic carboxylic acids is 1. The molecule has 13 heteroatoms. The summed E-state index contributed by atoms with van der Waals surface area (Å²) in [5.74, 6) is -1.85. The Bertz CT molecular complexity index is 1150. The Labute approximate surface area is 222 Å². The number of methoxy groups -OCH3 is 1. The van der Waals surface area contributed by atoms with Gasteiger partial charge in [-0.15, -0.1) is 11.3 Å². The van der Waals surface area contributed by atoms with Crippen molar-refractivity contribution in [1.82, 2.24) is 10.3 Å². The van der Waals surface area contributed by atoms with Gasteiger partial charge in [-0.2, -0.15) is 13.2 Å². The van der Waals surface area contributed by atoms with Gasteiger partial charge >= 0.3 is 18.2 Å². The molecule has 2 aliphatic heterocycles. The monoisotopic (exact) mass is 556 g/mol. The Morgan fingerprint density at radius 2 is 1.87 bits per heavy atom. The van der Waals surface area contributed by atoms with Crippen LogP contribution in [-0.4, -0.2) is 73.8 Å². The lowest BCUT2D eigenvalue weighted by Gasteiger charge is -2.36. The van der Waals surface area contributed by atoms with E-state index in [0.29, 0.717) is 0 Å². The van der Waals surface area contributed by atoms with E-state index in [4.69, 9.17) is 24.4 Å². The van der Waals surface area contributed by atoms with E-state index < -0.39 is 12.1 Å². The summed E-state index contributed by atoms with van der Waals surface area (Å²) in [5, 5.41) is 13.7. The van der Waals surface area contributed by atoms with Crippen molar-refractivity contribution in [3.05, 3.63) is 23.1 Å². The predicted octanol–water partition coefficient (Wildman–Crippen LogP) is 4.69. The van der Waals surface area contributed by atoms with Crippen LogP contribution in [0.1, 0.15) is 38.2 Å². The van der Waals surface area contributed by atoms with Crippen LogP contribution in [0.2, 0.25) is 0 Å². The number of ether oxygens (including phenoxy) is 2. The number of carbonyl (C=O) groups excluding carboxylic acids is 1. The smallest absolute Gasteiger partial charge is 0.489 e. The molecule has 9 nitrogen and oxygen atoms in total. The zero-order valence-corrected chi connectivity index (χ0v) is 22.0. The van der Waals surface area contributed by atoms with Gasteiger partial charge < -0.3 is 24.8 Å². The van der Waals surface area contributed by atoms with Gasteiger partial charge in [-0.25, -0.2) is 14.6 Å². The fourth-order valence-electron chi connectivity index (χ4n) is 4.56. The number of carboxylic acids is 1. The number of piperazine rings is 1. The Kier molecular flexibility index (Phi) is 8.66. The first kappa shape index (κ1) is 28.0. The SMILES string of the molecule is COC(=O)N1c2ccc(-c3csc(N4CCNCC4)n3)c(OC3CCC3)c2CC[C@@H]1C.O=C(O)C(F)(F)F. The summed E-state index contributed by atoms with van der Waals surface area (Å²) in [6.07, 6.45) is 0.00848. The number of carbonyl (C=O) groups is 2. The van der Waals surface area contributed by atoms with Crippen LogP contribution >= 0.6 is 11.3 Å². The van der Waals surface area contributed by atoms with Crippen LogP contribution in [0.5, 0.6) is 5.75 Å². The molecule has 0 unspecified atom stereocenters. The third-order valence-corrected chi connectivity index (χ3v) is 7.76. The number of alkyl halides is 3. The van der Waals surface area contributed by atoms with Gasteiger partial charge in [0.05, 0.1) is 24.6 Å². The van der Waals surface area contributed by atoms with Crippen molar-refractivity contribution in [1.29, 1.82) is 0 Å². The molecular weight excluding hydrogens is 525 g/mol. The summed E-state index contributed by atoms with van der Waals surface area (Å²) in [5.41, 5.74) is 3.99. The van der Waals surface area contributed by atoms with E-state index in [2.05, 4.69) is 28.6 Å². The average Bonchev–Trinajstić information content (AvgIpc) is 3.36. The number of hydrogen-bond acceptors (Lipinski definition) is 8. The van der Waals surface area contributed by atoms with Crippen LogP contribution < -0.4 is 19.9 Å². The van der Waals surface area contributed by atoms with Gasteiger partial charge in [0.25, 0.3) is 0 Å². The number of fused-ring (bicyclic) bond motifs is 1. The number of nitrogens with one attached hydrogen (secondary N) is 1. The molecule has 3 heterocycles. The summed E-state index contributed by atoms with van der Waals surface area (Å²) in [7, 11) is 1.44. The number of benzene rings is 1. The molecule has 1 aliphatic carbocycles. The number of amides is 1. The highest BCUT2D eigenvalue weighted by molar-refractivity contribution is 7.14. The molecule has 5 rings (SSSR count). The number of hydrogen-bond donors (Lipinski definition) is 2. The molecule has 1 aromatic heterocycles. The Morgan fingerprint density at radius 3 is 2.45 bits per heavy atom. The lowest BCUT2D eigenvalue weighted by molar-refractivity contribution is -0.192. The van der Waals surface area contributed by atoms with Crippen LogP contribution in [0, 0.1) is 0 Å². The quantitative estimate of drug-likeness (QED) is 0.559. The van der Waals surface area contributed by atoms with Crippen molar-refractivity contribution < 1.29 is 37.3 Å². The van der Waals surface area contributed by atoms with Gasteiger partial charge in [-0.1, -0.05) is 0 Å². The third-order valence-electron chi connectivity index (χ3n) is 6.85. The Morgan fingerprint density at radius 1 is 1.18 bits per heavy atom. The molecule has 38 heavy (non-hydrogen) atoms. The van der Waals surface area contributed by atoms with Crippen molar-refractivity contribution >= 4 is 34.2 Å². The van der Waals surface area contributed by atoms with Gasteiger partial charge in [-0.3, -0.25) is 4.90 Å². The lowest BCUT2D eigenvalue weighted by atomic mass is 9.92. The normalized spacial score (nSPS) is 19.6. The van der Waals surface area contributed by atoms with E-state index in [1.807, 2.05) is 6.07 Å². The Hall–Kier alpha value is -3.06. The summed E-state index contributed by atoms with van der Waals surface area (Å²) in [6.45, 7) is 6.01. The minimum Gasteiger partial charge on any atom is -0.489 e. The largest absolute Gasteiger partial charge is 0.490 e. The van der Waals surface area contributed by atoms with Gasteiger partial charge in [0.15, 0.2) is 5.13 Å². The molecule has 1 saturated carbocycles. The molecule has 1 saturated heterocycles. The van der Waals surface area contributed by atoms with Gasteiger partial charge in [-0.05, 0) is 51.2 Å². The first-order valence-electron chi connectivity index (χ1n) is 12.5. The third kappa shape index (κ3) is 6.15. The van der Waals surface area contributed by atoms with Crippen LogP contribution in [0.4, 0.5) is 28.8 Å². The van der Waals surface area contributed by atoms with E-state index in [1.165, 1.54) is 13.5 Å². The van der Waals surface area contributed by atoms with Crippen molar-refractivity contribution in [2.45, 2.75) is 57.3 Å². The number of anilines is 2. The first-order chi connectivity index (χ1) is 18.1. The Balaban J connectivity index is 0.000000426. The van der Waals surface area contributed by atoms with Crippen molar-refractivity contribution in [3.63, 3.8) is 0 Å². The second kappa shape index (κ2) is 11.8. The number of thiazole rings is 1. The highest BCUT2D eigenvalue weighted by Gasteiger charge is 2.38. The summed E-state index contributed by atoms with van der Waals surface area (Å²) in [6, 6.07) is 4.20. The molecule has 2 aromatic rings. The highest BCUT2D eigenvalue weighted by Crippen LogP contribution is 2.45. The maximum atomic E-state index is 12.5. The van der Waals surface area contributed by atoms with Crippen LogP contribution in [0.25, 0.3) is 11.3 Å². The van der Waals surface area contributed by atoms with Crippen molar-refractivity contribution in [2.24, 2.45) is 0 Å². The molecular formula is C25H31F3N4O5S. The van der Waals surface area contributed by atoms with Crippen LogP contribution in [0.15, 0.2) is 17.5 Å². The minimum atomic E-state index is -5.08. The highest BCUT2D eigenvalue weighted by atomic mass is 32.1. The van der Waals surface area contributed by atoms with E-state index in [0.717, 1.165) is 85.3 Å². The molecule has 1 amide bonds. The van der Waals surface area contributed by atoms with Crippen molar-refractivity contribution in [2.75, 3.05) is 43.1 Å². The maximum Gasteiger partial charge on any atom is 0.490 e. The topological polar surface area (TPSA) is 104 Å². The molecule has 0 spiro atoms. The van der Waals surface area contributed by atoms with E-state index in [9.17, 15) is 18.0 Å². The minimum absolute atomic E-state index is 0.0981. The zero-order valence-electron chi connectivity index (χ0n) is 21.2. The summed E-state index contributed by atoms with van der Waals surface area (Å²) in [4.78, 5) is 30.5. The molecule has 2 N–H and O–H groups in total. The van der Waals surface area contributed by atoms with Crippen molar-refractivity contribution in [3.8, 4) is 17.0 Å². The number of carboxylic acid groups (broad SMARTS) is 1. The van der Waals surface area contributed by atoms with E-state index in [1.54, 1.807) is 16.2 Å². The second-order valence-electron chi connectivity index (χ2n) is 9.39. The maximum absolute atomic E-state index is 12.5. The average molecular weight is 557 g/mol. The number of rotatable bonds is 4. The number of aromatic nitrogens is 1. The number of halogens is 3. The molecule has 1 atom stereocenters. The molecule has 0 bridgehead atoms. The van der Waals surface area contributed by atoms with E-state index >= 15 is 0 Å². The molecule has 2 fully saturated rings. The second-order valence-corrected chi connectivity index (χ2v) is 10.2. The first-order valence-corrected chi connectivity index (χ1v) is 13.4. The fourth-order valence-corrected chi connectivity index (χ4v) is 5.44. The lowest BCUT2D eigenvalue weighted by Crippen LogP contribution is -2.43. The summed E-state index contributed by atoms with van der Waals surface area (Å²) < 4.78 is 43.4. The molecule has 1 aromatic carbocycles.